The number of benzene rings is 2. The monoisotopic (exact) mass is 372 g/mol. The molecule has 0 aliphatic heterocycles. The van der Waals surface area contributed by atoms with Crippen molar-refractivity contribution in [3.8, 4) is 6.07 Å². The molecule has 26 heavy (non-hydrogen) atoms. The van der Waals surface area contributed by atoms with Gasteiger partial charge in [0.1, 0.15) is 11.9 Å². The highest BCUT2D eigenvalue weighted by molar-refractivity contribution is 6.30. The van der Waals surface area contributed by atoms with Gasteiger partial charge in [0.15, 0.2) is 5.57 Å². The van der Waals surface area contributed by atoms with Gasteiger partial charge in [-0.1, -0.05) is 11.6 Å². The molecule has 0 radical (unpaired) electrons. The van der Waals surface area contributed by atoms with E-state index in [1.807, 2.05) is 0 Å². The molecule has 0 aliphatic carbocycles. The molecule has 0 aromatic heterocycles. The Morgan fingerprint density at radius 2 is 1.69 bits per heavy atom. The van der Waals surface area contributed by atoms with Gasteiger partial charge in [0.05, 0.1) is 12.3 Å². The Balaban J connectivity index is 2.48. The SMILES string of the molecule is CCOC(=O)C(C#N)=C(NC(=O)c1ccc(Cl)cc1)c1ccc(F)cc1. The highest BCUT2D eigenvalue weighted by Crippen LogP contribution is 2.19. The minimum atomic E-state index is -0.884. The van der Waals surface area contributed by atoms with E-state index in [0.29, 0.717) is 10.6 Å². The van der Waals surface area contributed by atoms with Crippen LogP contribution in [0.1, 0.15) is 22.8 Å². The number of esters is 1. The lowest BCUT2D eigenvalue weighted by Crippen LogP contribution is -2.25. The van der Waals surface area contributed by atoms with E-state index in [9.17, 15) is 19.2 Å². The number of rotatable bonds is 5. The van der Waals surface area contributed by atoms with Gasteiger partial charge in [0.25, 0.3) is 5.91 Å². The molecule has 1 N–H and O–H groups in total. The van der Waals surface area contributed by atoms with Gasteiger partial charge in [-0.15, -0.1) is 0 Å². The van der Waals surface area contributed by atoms with Crippen molar-refractivity contribution in [3.05, 3.63) is 76.1 Å². The van der Waals surface area contributed by atoms with Crippen LogP contribution in [0, 0.1) is 17.1 Å². The Bertz CT molecular complexity index is 884. The average Bonchev–Trinajstić information content (AvgIpc) is 2.63. The summed E-state index contributed by atoms with van der Waals surface area (Å²) in [6.45, 7) is 1.66. The Labute approximate surface area is 154 Å². The van der Waals surface area contributed by atoms with Crippen molar-refractivity contribution in [2.45, 2.75) is 6.92 Å². The number of amides is 1. The molecule has 0 atom stereocenters. The first-order chi connectivity index (χ1) is 12.5. The molecule has 0 saturated heterocycles. The summed E-state index contributed by atoms with van der Waals surface area (Å²) >= 11 is 5.80. The Hall–Kier alpha value is -3.17. The first-order valence-corrected chi connectivity index (χ1v) is 7.98. The van der Waals surface area contributed by atoms with Crippen LogP contribution in [0.3, 0.4) is 0 Å². The Morgan fingerprint density at radius 3 is 2.23 bits per heavy atom. The van der Waals surface area contributed by atoms with Crippen LogP contribution in [0.15, 0.2) is 54.1 Å². The highest BCUT2D eigenvalue weighted by atomic mass is 35.5. The topological polar surface area (TPSA) is 79.2 Å². The van der Waals surface area contributed by atoms with Crippen molar-refractivity contribution < 1.29 is 18.7 Å². The molecule has 0 fully saturated rings. The van der Waals surface area contributed by atoms with E-state index in [4.69, 9.17) is 16.3 Å². The molecular weight excluding hydrogens is 359 g/mol. The number of halogens is 2. The lowest BCUT2D eigenvalue weighted by Gasteiger charge is -2.13. The van der Waals surface area contributed by atoms with E-state index in [0.717, 1.165) is 12.1 Å². The van der Waals surface area contributed by atoms with E-state index >= 15 is 0 Å². The number of nitrogens with zero attached hydrogens (tertiary/aromatic N) is 1. The van der Waals surface area contributed by atoms with E-state index in [1.165, 1.54) is 36.4 Å². The second kappa shape index (κ2) is 8.79. The molecule has 2 aromatic carbocycles. The number of carbonyl (C=O) groups excluding carboxylic acids is 2. The molecule has 7 heteroatoms. The third-order valence-corrected chi connectivity index (χ3v) is 3.57. The molecule has 132 valence electrons. The van der Waals surface area contributed by atoms with Crippen molar-refractivity contribution in [1.82, 2.24) is 5.32 Å². The van der Waals surface area contributed by atoms with Crippen LogP contribution < -0.4 is 5.32 Å². The second-order valence-corrected chi connectivity index (χ2v) is 5.49. The van der Waals surface area contributed by atoms with Crippen molar-refractivity contribution in [3.63, 3.8) is 0 Å². The van der Waals surface area contributed by atoms with E-state index in [-0.39, 0.29) is 23.4 Å². The fraction of sp³-hybridized carbons (Fsp3) is 0.105. The number of ether oxygens (including phenoxy) is 1. The Morgan fingerprint density at radius 1 is 1.12 bits per heavy atom. The normalized spacial score (nSPS) is 11.2. The van der Waals surface area contributed by atoms with Gasteiger partial charge in [-0.25, -0.2) is 9.18 Å². The summed E-state index contributed by atoms with van der Waals surface area (Å²) in [6, 6.07) is 12.8. The van der Waals surface area contributed by atoms with Crippen molar-refractivity contribution in [1.29, 1.82) is 5.26 Å². The summed E-state index contributed by atoms with van der Waals surface area (Å²) < 4.78 is 18.1. The summed E-state index contributed by atoms with van der Waals surface area (Å²) in [6.07, 6.45) is 0. The molecule has 0 heterocycles. The van der Waals surface area contributed by atoms with Crippen LogP contribution in [-0.2, 0) is 9.53 Å². The lowest BCUT2D eigenvalue weighted by molar-refractivity contribution is -0.137. The summed E-state index contributed by atoms with van der Waals surface area (Å²) in [5, 5.41) is 12.4. The van der Waals surface area contributed by atoms with Gasteiger partial charge in [-0.05, 0) is 61.0 Å². The Kier molecular flexibility index (Phi) is 6.48. The molecule has 0 unspecified atom stereocenters. The van der Waals surface area contributed by atoms with Crippen LogP contribution in [0.5, 0.6) is 0 Å². The van der Waals surface area contributed by atoms with Gasteiger partial charge >= 0.3 is 5.97 Å². The molecular formula is C19H14ClFN2O3. The standard InChI is InChI=1S/C19H14ClFN2O3/c1-2-26-19(25)16(11-22)17(12-5-9-15(21)10-6-12)23-18(24)13-3-7-14(20)8-4-13/h3-10H,2H2,1H3,(H,23,24). The fourth-order valence-corrected chi connectivity index (χ4v) is 2.22. The summed E-state index contributed by atoms with van der Waals surface area (Å²) in [4.78, 5) is 24.6. The minimum Gasteiger partial charge on any atom is -0.462 e. The molecule has 5 nitrogen and oxygen atoms in total. The molecule has 2 rings (SSSR count). The smallest absolute Gasteiger partial charge is 0.351 e. The molecule has 0 spiro atoms. The van der Waals surface area contributed by atoms with Crippen LogP contribution >= 0.6 is 11.6 Å². The first-order valence-electron chi connectivity index (χ1n) is 7.60. The molecule has 0 saturated carbocycles. The number of nitriles is 1. The van der Waals surface area contributed by atoms with Crippen molar-refractivity contribution in [2.24, 2.45) is 0 Å². The van der Waals surface area contributed by atoms with E-state index in [1.54, 1.807) is 13.0 Å². The van der Waals surface area contributed by atoms with Crippen LogP contribution in [0.4, 0.5) is 4.39 Å². The molecule has 1 amide bonds. The predicted molar refractivity (Wildman–Crippen MR) is 94.5 cm³/mol. The minimum absolute atomic E-state index is 0.0614. The maximum atomic E-state index is 13.2. The third kappa shape index (κ3) is 4.68. The van der Waals surface area contributed by atoms with Gasteiger partial charge < -0.3 is 10.1 Å². The van der Waals surface area contributed by atoms with Crippen molar-refractivity contribution >= 4 is 29.2 Å². The van der Waals surface area contributed by atoms with Gasteiger partial charge in [-0.2, -0.15) is 5.26 Å². The first kappa shape index (κ1) is 19.2. The van der Waals surface area contributed by atoms with Gasteiger partial charge in [0, 0.05) is 10.6 Å². The van der Waals surface area contributed by atoms with Gasteiger partial charge in [0.2, 0.25) is 0 Å². The largest absolute Gasteiger partial charge is 0.462 e. The zero-order valence-electron chi connectivity index (χ0n) is 13.8. The summed E-state index contributed by atoms with van der Waals surface area (Å²) in [7, 11) is 0. The predicted octanol–water partition coefficient (Wildman–Crippen LogP) is 3.71. The fourth-order valence-electron chi connectivity index (χ4n) is 2.09. The van der Waals surface area contributed by atoms with E-state index in [2.05, 4.69) is 5.32 Å². The number of hydrogen-bond donors (Lipinski definition) is 1. The van der Waals surface area contributed by atoms with E-state index < -0.39 is 17.7 Å². The van der Waals surface area contributed by atoms with Crippen molar-refractivity contribution in [2.75, 3.05) is 6.61 Å². The average molecular weight is 373 g/mol. The lowest BCUT2D eigenvalue weighted by atomic mass is 10.1. The highest BCUT2D eigenvalue weighted by Gasteiger charge is 2.21. The number of nitrogens with one attached hydrogen (secondary N) is 1. The molecule has 0 bridgehead atoms. The molecule has 0 aliphatic rings. The zero-order chi connectivity index (χ0) is 19.1. The second-order valence-electron chi connectivity index (χ2n) is 5.05. The third-order valence-electron chi connectivity index (χ3n) is 3.32. The maximum Gasteiger partial charge on any atom is 0.351 e. The molecule has 2 aromatic rings. The van der Waals surface area contributed by atoms with Gasteiger partial charge in [-0.3, -0.25) is 4.79 Å². The zero-order valence-corrected chi connectivity index (χ0v) is 14.5. The maximum absolute atomic E-state index is 13.2. The van der Waals surface area contributed by atoms with Crippen LogP contribution in [0.25, 0.3) is 5.70 Å². The summed E-state index contributed by atoms with van der Waals surface area (Å²) in [5.74, 6) is -1.93. The quantitative estimate of drug-likeness (QED) is 0.493. The summed E-state index contributed by atoms with van der Waals surface area (Å²) in [5.41, 5.74) is 0.111. The van der Waals surface area contributed by atoms with Crippen LogP contribution in [0.2, 0.25) is 5.02 Å². The number of hydrogen-bond acceptors (Lipinski definition) is 4. The number of carbonyl (C=O) groups is 2. The van der Waals surface area contributed by atoms with Crippen LogP contribution in [-0.4, -0.2) is 18.5 Å².